The second-order valence-corrected chi connectivity index (χ2v) is 8.05. The van der Waals surface area contributed by atoms with Gasteiger partial charge in [0.05, 0.1) is 16.4 Å². The first-order chi connectivity index (χ1) is 15.6. The van der Waals surface area contributed by atoms with Crippen molar-refractivity contribution in [3.8, 4) is 16.9 Å². The first-order valence-electron chi connectivity index (χ1n) is 10.1. The molecule has 160 valence electrons. The van der Waals surface area contributed by atoms with Crippen LogP contribution in [0.4, 0.5) is 17.1 Å². The molecular formula is C23H19ClN6O2. The Morgan fingerprint density at radius 3 is 2.84 bits per heavy atom. The maximum atomic E-state index is 6.62. The molecule has 0 saturated carbocycles. The van der Waals surface area contributed by atoms with Gasteiger partial charge >= 0.3 is 5.97 Å². The number of fused-ring (bicyclic) bond motifs is 3. The number of hydroxylamine groups is 1. The van der Waals surface area contributed by atoms with Crippen LogP contribution in [0.15, 0.2) is 77.3 Å². The van der Waals surface area contributed by atoms with Crippen LogP contribution in [-0.2, 0) is 4.84 Å². The first kappa shape index (κ1) is 19.0. The number of anilines is 3. The summed E-state index contributed by atoms with van der Waals surface area (Å²) in [5.41, 5.74) is 8.48. The fourth-order valence-corrected chi connectivity index (χ4v) is 4.32. The Balaban J connectivity index is 1.37. The van der Waals surface area contributed by atoms with Crippen LogP contribution in [0.2, 0.25) is 5.02 Å². The molecule has 2 aromatic carbocycles. The Kier molecular flexibility index (Phi) is 4.24. The Bertz CT molecular complexity index is 1280. The van der Waals surface area contributed by atoms with Crippen molar-refractivity contribution in [2.75, 3.05) is 22.3 Å². The summed E-state index contributed by atoms with van der Waals surface area (Å²) in [5, 5.41) is 7.24. The summed E-state index contributed by atoms with van der Waals surface area (Å²) in [6.45, 7) is 2.44. The molecule has 0 aliphatic carbocycles. The molecule has 1 fully saturated rings. The lowest BCUT2D eigenvalue weighted by atomic mass is 10.1. The average molecular weight is 447 g/mol. The predicted molar refractivity (Wildman–Crippen MR) is 124 cm³/mol. The van der Waals surface area contributed by atoms with Crippen LogP contribution in [-0.4, -0.2) is 23.9 Å². The van der Waals surface area contributed by atoms with Crippen molar-refractivity contribution in [1.82, 2.24) is 10.5 Å². The van der Waals surface area contributed by atoms with Crippen LogP contribution in [0.1, 0.15) is 6.92 Å². The highest BCUT2D eigenvalue weighted by molar-refractivity contribution is 6.33. The van der Waals surface area contributed by atoms with E-state index in [0.29, 0.717) is 11.8 Å². The normalized spacial score (nSPS) is 20.5. The summed E-state index contributed by atoms with van der Waals surface area (Å²) in [6.07, 6.45) is 5.28. The second-order valence-electron chi connectivity index (χ2n) is 7.64. The molecule has 3 aliphatic rings. The molecule has 0 amide bonds. The van der Waals surface area contributed by atoms with Crippen molar-refractivity contribution in [2.45, 2.75) is 12.9 Å². The molecule has 0 radical (unpaired) electrons. The molecule has 3 N–H and O–H groups in total. The highest BCUT2D eigenvalue weighted by atomic mass is 35.5. The third-order valence-corrected chi connectivity index (χ3v) is 5.92. The molecule has 32 heavy (non-hydrogen) atoms. The van der Waals surface area contributed by atoms with E-state index in [1.807, 2.05) is 60.4 Å². The van der Waals surface area contributed by atoms with E-state index in [2.05, 4.69) is 21.1 Å². The molecule has 1 atom stereocenters. The molecule has 1 unspecified atom stereocenters. The topological polar surface area (TPSA) is 83.0 Å². The molecule has 4 heterocycles. The van der Waals surface area contributed by atoms with Gasteiger partial charge in [0.25, 0.3) is 0 Å². The molecule has 9 heteroatoms. The molecular weight excluding hydrogens is 428 g/mol. The number of rotatable bonds is 4. The number of ether oxygens (including phenoxy) is 1. The third kappa shape index (κ3) is 2.96. The van der Waals surface area contributed by atoms with Gasteiger partial charge < -0.3 is 15.4 Å². The number of allylic oxidation sites excluding steroid dienone is 1. The van der Waals surface area contributed by atoms with Gasteiger partial charge in [0.15, 0.2) is 6.73 Å². The zero-order chi connectivity index (χ0) is 21.7. The minimum Gasteiger partial charge on any atom is -0.471 e. The minimum absolute atomic E-state index is 0.457. The van der Waals surface area contributed by atoms with E-state index in [0.717, 1.165) is 45.3 Å². The van der Waals surface area contributed by atoms with E-state index < -0.39 is 5.97 Å². The van der Waals surface area contributed by atoms with E-state index in [1.54, 1.807) is 18.6 Å². The fraction of sp³-hybridized carbons (Fsp3) is 0.130. The number of aromatic nitrogens is 1. The van der Waals surface area contributed by atoms with Crippen LogP contribution in [0.3, 0.4) is 0 Å². The SMILES string of the molecule is CC1=C2NOC(Nc3ccc(-c4ccncc4)c(Cl)c3)(N=C1)N2c1ccc2c(c1)NCO2. The van der Waals surface area contributed by atoms with Gasteiger partial charge in [0.1, 0.15) is 11.6 Å². The molecule has 8 nitrogen and oxygen atoms in total. The summed E-state index contributed by atoms with van der Waals surface area (Å²) < 4.78 is 5.56. The van der Waals surface area contributed by atoms with Gasteiger partial charge in [-0.1, -0.05) is 17.7 Å². The number of hydrogen-bond acceptors (Lipinski definition) is 8. The molecule has 3 aromatic rings. The van der Waals surface area contributed by atoms with Gasteiger partial charge in [-0.05, 0) is 55.0 Å². The maximum absolute atomic E-state index is 6.62. The van der Waals surface area contributed by atoms with E-state index in [1.165, 1.54) is 0 Å². The Labute approximate surface area is 189 Å². The highest BCUT2D eigenvalue weighted by Gasteiger charge is 2.49. The molecule has 0 spiro atoms. The maximum Gasteiger partial charge on any atom is 0.351 e. The lowest BCUT2D eigenvalue weighted by molar-refractivity contribution is -0.0214. The summed E-state index contributed by atoms with van der Waals surface area (Å²) in [4.78, 5) is 16.7. The number of aliphatic imine (C=N–C) groups is 1. The van der Waals surface area contributed by atoms with Crippen LogP contribution in [0.5, 0.6) is 5.75 Å². The van der Waals surface area contributed by atoms with Crippen molar-refractivity contribution in [2.24, 2.45) is 4.99 Å². The smallest absolute Gasteiger partial charge is 0.351 e. The minimum atomic E-state index is -1.20. The largest absolute Gasteiger partial charge is 0.471 e. The lowest BCUT2D eigenvalue weighted by Gasteiger charge is -2.36. The number of halogens is 1. The molecule has 1 saturated heterocycles. The zero-order valence-corrected chi connectivity index (χ0v) is 17.8. The van der Waals surface area contributed by atoms with E-state index in [9.17, 15) is 0 Å². The van der Waals surface area contributed by atoms with Crippen LogP contribution in [0, 0.1) is 0 Å². The summed E-state index contributed by atoms with van der Waals surface area (Å²) in [7, 11) is 0. The average Bonchev–Trinajstić information content (AvgIpc) is 3.39. The Morgan fingerprint density at radius 2 is 2.00 bits per heavy atom. The number of hydrogen-bond donors (Lipinski definition) is 3. The van der Waals surface area contributed by atoms with E-state index in [-0.39, 0.29) is 0 Å². The summed E-state index contributed by atoms with van der Waals surface area (Å²) in [5.74, 6) is 0.428. The van der Waals surface area contributed by atoms with Crippen molar-refractivity contribution < 1.29 is 9.57 Å². The molecule has 1 aromatic heterocycles. The second kappa shape index (κ2) is 7.15. The highest BCUT2D eigenvalue weighted by Crippen LogP contribution is 2.42. The fourth-order valence-electron chi connectivity index (χ4n) is 4.03. The van der Waals surface area contributed by atoms with Crippen molar-refractivity contribution in [1.29, 1.82) is 0 Å². The van der Waals surface area contributed by atoms with Crippen molar-refractivity contribution >= 4 is 34.9 Å². The number of nitrogens with zero attached hydrogens (tertiary/aromatic N) is 3. The zero-order valence-electron chi connectivity index (χ0n) is 17.1. The quantitative estimate of drug-likeness (QED) is 0.542. The number of pyridine rings is 1. The lowest BCUT2D eigenvalue weighted by Crippen LogP contribution is -2.51. The first-order valence-corrected chi connectivity index (χ1v) is 10.5. The Hall–Kier alpha value is -3.75. The van der Waals surface area contributed by atoms with Gasteiger partial charge in [-0.25, -0.2) is 15.3 Å². The van der Waals surface area contributed by atoms with Gasteiger partial charge in [-0.2, -0.15) is 0 Å². The van der Waals surface area contributed by atoms with Crippen molar-refractivity contribution in [3.63, 3.8) is 0 Å². The van der Waals surface area contributed by atoms with Gasteiger partial charge in [-0.3, -0.25) is 9.88 Å². The van der Waals surface area contributed by atoms with Gasteiger partial charge in [-0.15, -0.1) is 0 Å². The van der Waals surface area contributed by atoms with E-state index >= 15 is 0 Å². The van der Waals surface area contributed by atoms with Crippen LogP contribution < -0.4 is 25.8 Å². The monoisotopic (exact) mass is 446 g/mol. The Morgan fingerprint density at radius 1 is 1.12 bits per heavy atom. The summed E-state index contributed by atoms with van der Waals surface area (Å²) in [6, 6.07) is 15.6. The standard InChI is InChI=1S/C23H19ClN6O2/c1-14-12-27-23(28-16-2-4-18(19(24)10-16)15-6-8-25-9-7-15)30(22(14)29-32-23)17-3-5-21-20(11-17)26-13-31-21/h2-12,26,28-29H,13H2,1H3. The van der Waals surface area contributed by atoms with Crippen LogP contribution in [0.25, 0.3) is 11.1 Å². The van der Waals surface area contributed by atoms with Gasteiger partial charge in [0.2, 0.25) is 0 Å². The summed E-state index contributed by atoms with van der Waals surface area (Å²) >= 11 is 6.62. The predicted octanol–water partition coefficient (Wildman–Crippen LogP) is 4.54. The molecule has 2 bridgehead atoms. The third-order valence-electron chi connectivity index (χ3n) is 5.60. The van der Waals surface area contributed by atoms with Crippen LogP contribution >= 0.6 is 11.6 Å². The molecule has 6 rings (SSSR count). The van der Waals surface area contributed by atoms with Gasteiger partial charge in [0, 0.05) is 35.4 Å². The molecule has 3 aliphatic heterocycles. The number of benzene rings is 2. The van der Waals surface area contributed by atoms with Crippen molar-refractivity contribution in [3.05, 3.63) is 77.3 Å². The number of nitrogens with one attached hydrogen (secondary N) is 3. The van der Waals surface area contributed by atoms with E-state index in [4.69, 9.17) is 26.2 Å².